The fourth-order valence-electron chi connectivity index (χ4n) is 3.32. The minimum Gasteiger partial charge on any atom is -0.497 e. The van der Waals surface area contributed by atoms with Crippen molar-refractivity contribution < 1.29 is 4.74 Å². The number of nitrogens with zero attached hydrogens (tertiary/aromatic N) is 3. The van der Waals surface area contributed by atoms with E-state index >= 15 is 0 Å². The van der Waals surface area contributed by atoms with Crippen LogP contribution >= 0.6 is 38.9 Å². The predicted molar refractivity (Wildman–Crippen MR) is 116 cm³/mol. The number of thiophene rings is 1. The normalized spacial score (nSPS) is 11.6. The van der Waals surface area contributed by atoms with Gasteiger partial charge < -0.3 is 9.30 Å². The van der Waals surface area contributed by atoms with E-state index < -0.39 is 0 Å². The highest BCUT2D eigenvalue weighted by atomic mass is 79.9. The van der Waals surface area contributed by atoms with Crippen molar-refractivity contribution in [1.82, 2.24) is 14.5 Å². The van der Waals surface area contributed by atoms with Gasteiger partial charge in [-0.3, -0.25) is 0 Å². The molecule has 4 rings (SSSR count). The molecule has 0 bridgehead atoms. The molecule has 3 heterocycles. The first kappa shape index (κ1) is 18.7. The molecule has 0 amide bonds. The Morgan fingerprint density at radius 3 is 2.70 bits per heavy atom. The zero-order valence-electron chi connectivity index (χ0n) is 15.1. The summed E-state index contributed by atoms with van der Waals surface area (Å²) in [6.45, 7) is 2.79. The van der Waals surface area contributed by atoms with Crippen LogP contribution in [0.2, 0.25) is 0 Å². The first-order valence-electron chi connectivity index (χ1n) is 8.74. The number of fused-ring (bicyclic) bond motifs is 3. The number of aromatic nitrogens is 3. The number of hydrogen-bond donors (Lipinski definition) is 0. The van der Waals surface area contributed by atoms with Crippen molar-refractivity contribution in [2.45, 2.75) is 26.3 Å². The molecule has 7 heteroatoms. The molecule has 0 fully saturated rings. The van der Waals surface area contributed by atoms with Gasteiger partial charge in [-0.25, -0.2) is 9.97 Å². The Morgan fingerprint density at radius 1 is 1.22 bits per heavy atom. The summed E-state index contributed by atoms with van der Waals surface area (Å²) < 4.78 is 9.85. The smallest absolute Gasteiger partial charge is 0.118 e. The van der Waals surface area contributed by atoms with Crippen LogP contribution in [-0.2, 0) is 13.0 Å². The molecular formula is C20H19BrClN3OS. The van der Waals surface area contributed by atoms with Gasteiger partial charge in [-0.05, 0) is 53.0 Å². The third kappa shape index (κ3) is 3.58. The minimum absolute atomic E-state index is 0.628. The summed E-state index contributed by atoms with van der Waals surface area (Å²) in [4.78, 5) is 9.70. The summed E-state index contributed by atoms with van der Waals surface area (Å²) in [5, 5.41) is 0. The molecule has 27 heavy (non-hydrogen) atoms. The van der Waals surface area contributed by atoms with Gasteiger partial charge >= 0.3 is 0 Å². The van der Waals surface area contributed by atoms with Crippen molar-refractivity contribution in [2.24, 2.45) is 0 Å². The molecule has 0 aliphatic heterocycles. The molecule has 0 spiro atoms. The standard InChI is InChI=1S/C20H19BrClN3OS/c1-12-18-19(20-15(23-12)10-16(21)27-20)25(17(24-18)4-3-9-22)11-13-5-7-14(26-2)8-6-13/h5-8,10H,3-4,9,11H2,1-2H3. The number of imidazole rings is 1. The highest BCUT2D eigenvalue weighted by Crippen LogP contribution is 2.36. The molecule has 0 unspecified atom stereocenters. The number of pyridine rings is 1. The summed E-state index contributed by atoms with van der Waals surface area (Å²) >= 11 is 11.3. The largest absolute Gasteiger partial charge is 0.497 e. The molecule has 0 saturated carbocycles. The van der Waals surface area contributed by atoms with Crippen LogP contribution < -0.4 is 4.74 Å². The van der Waals surface area contributed by atoms with Crippen LogP contribution in [0.5, 0.6) is 5.75 Å². The molecule has 0 atom stereocenters. The van der Waals surface area contributed by atoms with Gasteiger partial charge in [0.25, 0.3) is 0 Å². The van der Waals surface area contributed by atoms with Crippen LogP contribution in [0.25, 0.3) is 21.3 Å². The van der Waals surface area contributed by atoms with Crippen LogP contribution in [-0.4, -0.2) is 27.5 Å². The first-order chi connectivity index (χ1) is 13.1. The number of halogens is 2. The van der Waals surface area contributed by atoms with Crippen molar-refractivity contribution >= 4 is 60.1 Å². The van der Waals surface area contributed by atoms with E-state index in [1.807, 2.05) is 19.1 Å². The summed E-state index contributed by atoms with van der Waals surface area (Å²) in [6.07, 6.45) is 1.75. The maximum absolute atomic E-state index is 5.96. The summed E-state index contributed by atoms with van der Waals surface area (Å²) in [5.74, 6) is 2.55. The zero-order valence-corrected chi connectivity index (χ0v) is 18.3. The average molecular weight is 465 g/mol. The van der Waals surface area contributed by atoms with E-state index in [2.05, 4.69) is 38.7 Å². The van der Waals surface area contributed by atoms with Gasteiger partial charge in [-0.1, -0.05) is 12.1 Å². The third-order valence-electron chi connectivity index (χ3n) is 4.61. The monoisotopic (exact) mass is 463 g/mol. The Kier molecular flexibility index (Phi) is 5.39. The lowest BCUT2D eigenvalue weighted by atomic mass is 10.2. The van der Waals surface area contributed by atoms with Crippen LogP contribution in [0, 0.1) is 6.92 Å². The Labute approximate surface area is 175 Å². The van der Waals surface area contributed by atoms with Crippen molar-refractivity contribution in [3.05, 3.63) is 51.2 Å². The van der Waals surface area contributed by atoms with Gasteiger partial charge in [0.05, 0.1) is 32.3 Å². The molecule has 4 nitrogen and oxygen atoms in total. The number of aryl methyl sites for hydroxylation is 2. The second-order valence-electron chi connectivity index (χ2n) is 6.41. The highest BCUT2D eigenvalue weighted by Gasteiger charge is 2.18. The minimum atomic E-state index is 0.628. The van der Waals surface area contributed by atoms with E-state index in [1.54, 1.807) is 18.4 Å². The molecule has 3 aromatic heterocycles. The lowest BCUT2D eigenvalue weighted by molar-refractivity contribution is 0.414. The van der Waals surface area contributed by atoms with Gasteiger partial charge in [-0.15, -0.1) is 22.9 Å². The maximum Gasteiger partial charge on any atom is 0.118 e. The van der Waals surface area contributed by atoms with Crippen molar-refractivity contribution in [2.75, 3.05) is 13.0 Å². The van der Waals surface area contributed by atoms with E-state index in [0.717, 1.165) is 57.0 Å². The molecular weight excluding hydrogens is 446 g/mol. The average Bonchev–Trinajstić information content (AvgIpc) is 3.21. The summed E-state index contributed by atoms with van der Waals surface area (Å²) in [7, 11) is 1.68. The molecule has 1 aromatic carbocycles. The van der Waals surface area contributed by atoms with Gasteiger partial charge in [0.1, 0.15) is 17.1 Å². The maximum atomic E-state index is 5.96. The number of methoxy groups -OCH3 is 1. The van der Waals surface area contributed by atoms with Crippen LogP contribution in [0.15, 0.2) is 34.1 Å². The molecule has 0 saturated heterocycles. The van der Waals surface area contributed by atoms with Crippen molar-refractivity contribution in [1.29, 1.82) is 0 Å². The summed E-state index contributed by atoms with van der Waals surface area (Å²) in [6, 6.07) is 10.3. The number of hydrogen-bond acceptors (Lipinski definition) is 4. The topological polar surface area (TPSA) is 39.9 Å². The Bertz CT molecular complexity index is 1100. The Hall–Kier alpha value is -1.63. The van der Waals surface area contributed by atoms with E-state index in [-0.39, 0.29) is 0 Å². The summed E-state index contributed by atoms with van der Waals surface area (Å²) in [5.41, 5.74) is 5.32. The number of alkyl halides is 1. The Balaban J connectivity index is 1.90. The van der Waals surface area contributed by atoms with Crippen molar-refractivity contribution in [3.8, 4) is 5.75 Å². The van der Waals surface area contributed by atoms with E-state index in [0.29, 0.717) is 5.88 Å². The number of ether oxygens (including phenoxy) is 1. The van der Waals surface area contributed by atoms with Crippen LogP contribution in [0.1, 0.15) is 23.5 Å². The third-order valence-corrected chi connectivity index (χ3v) is 6.51. The van der Waals surface area contributed by atoms with Crippen molar-refractivity contribution in [3.63, 3.8) is 0 Å². The second-order valence-corrected chi connectivity index (χ2v) is 9.22. The van der Waals surface area contributed by atoms with Crippen LogP contribution in [0.4, 0.5) is 0 Å². The van der Waals surface area contributed by atoms with Gasteiger partial charge in [0, 0.05) is 18.8 Å². The first-order valence-corrected chi connectivity index (χ1v) is 10.9. The molecule has 4 aromatic rings. The van der Waals surface area contributed by atoms with E-state index in [1.165, 1.54) is 10.3 Å². The second kappa shape index (κ2) is 7.78. The molecule has 0 aliphatic rings. The highest BCUT2D eigenvalue weighted by molar-refractivity contribution is 9.11. The molecule has 0 radical (unpaired) electrons. The van der Waals surface area contributed by atoms with Crippen LogP contribution in [0.3, 0.4) is 0 Å². The van der Waals surface area contributed by atoms with E-state index in [4.69, 9.17) is 26.3 Å². The lowest BCUT2D eigenvalue weighted by Gasteiger charge is -2.10. The number of rotatable bonds is 6. The fourth-order valence-corrected chi connectivity index (χ4v) is 5.03. The Morgan fingerprint density at radius 2 is 2.00 bits per heavy atom. The molecule has 0 aliphatic carbocycles. The van der Waals surface area contributed by atoms with Gasteiger partial charge in [0.2, 0.25) is 0 Å². The molecule has 0 N–H and O–H groups in total. The quantitative estimate of drug-likeness (QED) is 0.331. The van der Waals surface area contributed by atoms with E-state index in [9.17, 15) is 0 Å². The fraction of sp³-hybridized carbons (Fsp3) is 0.300. The van der Waals surface area contributed by atoms with Gasteiger partial charge in [-0.2, -0.15) is 0 Å². The van der Waals surface area contributed by atoms with Gasteiger partial charge in [0.15, 0.2) is 0 Å². The number of benzene rings is 1. The lowest BCUT2D eigenvalue weighted by Crippen LogP contribution is -2.06. The SMILES string of the molecule is COc1ccc(Cn2c(CCCCl)nc3c(C)nc4cc(Br)sc4c32)cc1. The zero-order chi connectivity index (χ0) is 19.0. The molecule has 140 valence electrons. The predicted octanol–water partition coefficient (Wildman–Crippen LogP) is 5.95.